The number of amides is 1. The number of carbonyl (C=O) groups is 1. The van der Waals surface area contributed by atoms with Gasteiger partial charge in [0.2, 0.25) is 0 Å². The van der Waals surface area contributed by atoms with Gasteiger partial charge in [-0.05, 0) is 30.7 Å². The zero-order valence-electron chi connectivity index (χ0n) is 12.0. The molecule has 1 fully saturated rings. The minimum absolute atomic E-state index is 0.0142. The lowest BCUT2D eigenvalue weighted by atomic mass is 10.0. The first kappa shape index (κ1) is 15.2. The lowest BCUT2D eigenvalue weighted by molar-refractivity contribution is 0.0708. The Kier molecular flexibility index (Phi) is 3.84. The van der Waals surface area contributed by atoms with Crippen LogP contribution in [0.5, 0.6) is 0 Å². The Morgan fingerprint density at radius 2 is 2.17 bits per heavy atom. The summed E-state index contributed by atoms with van der Waals surface area (Å²) in [6.07, 6.45) is 0.687. The number of halogens is 2. The van der Waals surface area contributed by atoms with Crippen LogP contribution in [0.25, 0.3) is 0 Å². The standard InChI is InChI=1S/C16H13F2N3O2/c17-10-1-2-13(18)12(4-10)15-5-11(22)8-21(15)16(23)14-3-9(6-19)7-20-14/h1-4,7,11,15,20,22H,5,8H2. The zero-order valence-corrected chi connectivity index (χ0v) is 12.0. The van der Waals surface area contributed by atoms with Crippen LogP contribution in [0.2, 0.25) is 0 Å². The Balaban J connectivity index is 1.95. The molecule has 1 amide bonds. The number of benzene rings is 1. The van der Waals surface area contributed by atoms with Crippen LogP contribution in [0, 0.1) is 23.0 Å². The summed E-state index contributed by atoms with van der Waals surface area (Å²) in [7, 11) is 0. The Labute approximate surface area is 130 Å². The molecule has 118 valence electrons. The predicted octanol–water partition coefficient (Wildman–Crippen LogP) is 2.11. The number of likely N-dealkylation sites (tertiary alicyclic amines) is 1. The number of rotatable bonds is 2. The first-order chi connectivity index (χ1) is 11.0. The van der Waals surface area contributed by atoms with E-state index in [1.807, 2.05) is 6.07 Å². The van der Waals surface area contributed by atoms with Crippen LogP contribution in [0.3, 0.4) is 0 Å². The van der Waals surface area contributed by atoms with E-state index in [2.05, 4.69) is 4.98 Å². The molecular formula is C16H13F2N3O2. The first-order valence-electron chi connectivity index (χ1n) is 7.02. The molecule has 2 atom stereocenters. The molecule has 3 rings (SSSR count). The van der Waals surface area contributed by atoms with Crippen molar-refractivity contribution < 1.29 is 18.7 Å². The molecule has 0 radical (unpaired) electrons. The summed E-state index contributed by atoms with van der Waals surface area (Å²) in [5, 5.41) is 18.7. The number of hydrogen-bond donors (Lipinski definition) is 2. The fourth-order valence-corrected chi connectivity index (χ4v) is 2.84. The summed E-state index contributed by atoms with van der Waals surface area (Å²) in [4.78, 5) is 16.5. The van der Waals surface area contributed by atoms with Crippen LogP contribution in [0.15, 0.2) is 30.5 Å². The molecule has 5 nitrogen and oxygen atoms in total. The van der Waals surface area contributed by atoms with E-state index in [1.54, 1.807) is 0 Å². The van der Waals surface area contributed by atoms with Gasteiger partial charge in [-0.2, -0.15) is 5.26 Å². The number of nitrogens with zero attached hydrogens (tertiary/aromatic N) is 2. The molecule has 0 aliphatic carbocycles. The summed E-state index contributed by atoms with van der Waals surface area (Å²) in [6.45, 7) is 0.0142. The van der Waals surface area contributed by atoms with Crippen molar-refractivity contribution in [1.29, 1.82) is 5.26 Å². The highest BCUT2D eigenvalue weighted by Gasteiger charge is 2.37. The van der Waals surface area contributed by atoms with Crippen molar-refractivity contribution in [2.75, 3.05) is 6.54 Å². The van der Waals surface area contributed by atoms with Crippen LogP contribution < -0.4 is 0 Å². The second kappa shape index (κ2) is 5.82. The molecule has 2 unspecified atom stereocenters. The third-order valence-corrected chi connectivity index (χ3v) is 3.90. The molecular weight excluding hydrogens is 304 g/mol. The third kappa shape index (κ3) is 2.81. The molecule has 1 aromatic carbocycles. The van der Waals surface area contributed by atoms with E-state index in [9.17, 15) is 18.7 Å². The van der Waals surface area contributed by atoms with Crippen LogP contribution in [0.4, 0.5) is 8.78 Å². The quantitative estimate of drug-likeness (QED) is 0.890. The van der Waals surface area contributed by atoms with Gasteiger partial charge in [-0.25, -0.2) is 8.78 Å². The lowest BCUT2D eigenvalue weighted by Crippen LogP contribution is -2.32. The maximum Gasteiger partial charge on any atom is 0.270 e. The number of aliphatic hydroxyl groups excluding tert-OH is 1. The first-order valence-corrected chi connectivity index (χ1v) is 7.02. The van der Waals surface area contributed by atoms with Crippen molar-refractivity contribution in [3.63, 3.8) is 0 Å². The fourth-order valence-electron chi connectivity index (χ4n) is 2.84. The Bertz CT molecular complexity index is 797. The van der Waals surface area contributed by atoms with E-state index in [1.165, 1.54) is 17.2 Å². The number of nitriles is 1. The van der Waals surface area contributed by atoms with E-state index >= 15 is 0 Å². The smallest absolute Gasteiger partial charge is 0.270 e. The summed E-state index contributed by atoms with van der Waals surface area (Å²) in [5.41, 5.74) is 0.487. The predicted molar refractivity (Wildman–Crippen MR) is 76.3 cm³/mol. The molecule has 2 heterocycles. The number of carbonyl (C=O) groups excluding carboxylic acids is 1. The van der Waals surface area contributed by atoms with Crippen LogP contribution in [0.1, 0.15) is 34.1 Å². The van der Waals surface area contributed by atoms with Gasteiger partial charge in [0.15, 0.2) is 0 Å². The summed E-state index contributed by atoms with van der Waals surface area (Å²) < 4.78 is 27.4. The highest BCUT2D eigenvalue weighted by Crippen LogP contribution is 2.35. The minimum Gasteiger partial charge on any atom is -0.391 e. The van der Waals surface area contributed by atoms with Crippen molar-refractivity contribution in [2.24, 2.45) is 0 Å². The van der Waals surface area contributed by atoms with Gasteiger partial charge in [-0.1, -0.05) is 0 Å². The number of β-amino-alcohol motifs (C(OH)–C–C–N with tert-alkyl or cyclic N) is 1. The van der Waals surface area contributed by atoms with Crippen molar-refractivity contribution in [2.45, 2.75) is 18.6 Å². The maximum absolute atomic E-state index is 14.0. The molecule has 2 aromatic rings. The van der Waals surface area contributed by atoms with Crippen molar-refractivity contribution in [3.8, 4) is 6.07 Å². The molecule has 0 bridgehead atoms. The van der Waals surface area contributed by atoms with Gasteiger partial charge in [0.25, 0.3) is 5.91 Å². The van der Waals surface area contributed by atoms with Crippen LogP contribution >= 0.6 is 0 Å². The number of hydrogen-bond acceptors (Lipinski definition) is 3. The molecule has 0 spiro atoms. The summed E-state index contributed by atoms with van der Waals surface area (Å²) in [5.74, 6) is -1.72. The Morgan fingerprint density at radius 3 is 2.87 bits per heavy atom. The largest absolute Gasteiger partial charge is 0.391 e. The minimum atomic E-state index is -0.822. The maximum atomic E-state index is 14.0. The number of H-pyrrole nitrogens is 1. The molecule has 1 saturated heterocycles. The van der Waals surface area contributed by atoms with Gasteiger partial charge < -0.3 is 15.0 Å². The Morgan fingerprint density at radius 1 is 1.39 bits per heavy atom. The number of aromatic amines is 1. The molecule has 2 N–H and O–H groups in total. The van der Waals surface area contributed by atoms with E-state index in [-0.39, 0.29) is 24.2 Å². The Hall–Kier alpha value is -2.72. The van der Waals surface area contributed by atoms with Crippen molar-refractivity contribution in [3.05, 3.63) is 58.9 Å². The van der Waals surface area contributed by atoms with Crippen LogP contribution in [-0.4, -0.2) is 33.5 Å². The van der Waals surface area contributed by atoms with Crippen LogP contribution in [-0.2, 0) is 0 Å². The number of nitrogens with one attached hydrogen (secondary N) is 1. The average Bonchev–Trinajstić information content (AvgIpc) is 3.15. The summed E-state index contributed by atoms with van der Waals surface area (Å²) in [6, 6.07) is 5.56. The fraction of sp³-hybridized carbons (Fsp3) is 0.250. The average molecular weight is 317 g/mol. The van der Waals surface area contributed by atoms with E-state index in [4.69, 9.17) is 5.26 Å². The SMILES string of the molecule is N#Cc1c[nH]c(C(=O)N2CC(O)CC2c2cc(F)ccc2F)c1. The second-order valence-electron chi connectivity index (χ2n) is 5.44. The molecule has 1 aliphatic heterocycles. The van der Waals surface area contributed by atoms with E-state index in [0.717, 1.165) is 18.2 Å². The molecule has 7 heteroatoms. The number of aliphatic hydroxyl groups is 1. The number of aromatic nitrogens is 1. The van der Waals surface area contributed by atoms with E-state index < -0.39 is 29.7 Å². The lowest BCUT2D eigenvalue weighted by Gasteiger charge is -2.24. The van der Waals surface area contributed by atoms with E-state index in [0.29, 0.717) is 5.56 Å². The monoisotopic (exact) mass is 317 g/mol. The molecule has 23 heavy (non-hydrogen) atoms. The zero-order chi connectivity index (χ0) is 16.6. The molecule has 1 aliphatic rings. The molecule has 0 saturated carbocycles. The highest BCUT2D eigenvalue weighted by atomic mass is 19.1. The van der Waals surface area contributed by atoms with Gasteiger partial charge in [-0.3, -0.25) is 4.79 Å². The van der Waals surface area contributed by atoms with Gasteiger partial charge in [0.1, 0.15) is 23.4 Å². The van der Waals surface area contributed by atoms with Crippen molar-refractivity contribution >= 4 is 5.91 Å². The summed E-state index contributed by atoms with van der Waals surface area (Å²) >= 11 is 0. The van der Waals surface area contributed by atoms with Gasteiger partial charge in [0, 0.05) is 18.3 Å². The third-order valence-electron chi connectivity index (χ3n) is 3.90. The van der Waals surface area contributed by atoms with Crippen molar-refractivity contribution in [1.82, 2.24) is 9.88 Å². The van der Waals surface area contributed by atoms with Gasteiger partial charge in [0.05, 0.1) is 17.7 Å². The van der Waals surface area contributed by atoms with Gasteiger partial charge in [-0.15, -0.1) is 0 Å². The van der Waals surface area contributed by atoms with Gasteiger partial charge >= 0.3 is 0 Å². The molecule has 1 aromatic heterocycles. The highest BCUT2D eigenvalue weighted by molar-refractivity contribution is 5.93. The second-order valence-corrected chi connectivity index (χ2v) is 5.44. The topological polar surface area (TPSA) is 80.1 Å². The normalized spacial score (nSPS) is 20.5.